The van der Waals surface area contributed by atoms with Crippen LogP contribution in [0, 0.1) is 13.8 Å². The Bertz CT molecular complexity index is 1320. The molecule has 0 atom stereocenters. The van der Waals surface area contributed by atoms with Crippen molar-refractivity contribution >= 4 is 33.9 Å². The number of anilines is 1. The third-order valence-electron chi connectivity index (χ3n) is 5.16. The number of nitrogens with one attached hydrogen (secondary N) is 1. The van der Waals surface area contributed by atoms with Gasteiger partial charge in [0.15, 0.2) is 0 Å². The number of benzene rings is 2. The molecule has 2 aromatic heterocycles. The zero-order chi connectivity index (χ0) is 22.0. The number of thiazole rings is 1. The molecular formula is C24H22N2O4S. The predicted molar refractivity (Wildman–Crippen MR) is 123 cm³/mol. The third-order valence-corrected chi connectivity index (χ3v) is 5.93. The van der Waals surface area contributed by atoms with E-state index in [1.165, 1.54) is 0 Å². The second-order valence-corrected chi connectivity index (χ2v) is 8.30. The molecule has 0 saturated carbocycles. The SMILES string of the molecule is COc1ccc2c(C)c(CCC(=O)Nc3cccc(-c4csc(C)n4)c3)c(=O)oc2c1. The molecule has 6 nitrogen and oxygen atoms in total. The van der Waals surface area contributed by atoms with E-state index in [2.05, 4.69) is 10.3 Å². The van der Waals surface area contributed by atoms with E-state index in [0.717, 1.165) is 27.2 Å². The molecule has 2 heterocycles. The highest BCUT2D eigenvalue weighted by molar-refractivity contribution is 7.09. The molecule has 7 heteroatoms. The van der Waals surface area contributed by atoms with Gasteiger partial charge in [-0.25, -0.2) is 9.78 Å². The van der Waals surface area contributed by atoms with Gasteiger partial charge in [0.2, 0.25) is 5.91 Å². The Morgan fingerprint density at radius 1 is 1.19 bits per heavy atom. The van der Waals surface area contributed by atoms with Crippen LogP contribution in [0.5, 0.6) is 5.75 Å². The maximum absolute atomic E-state index is 12.5. The average Bonchev–Trinajstić information content (AvgIpc) is 3.19. The van der Waals surface area contributed by atoms with Crippen LogP contribution in [0.4, 0.5) is 5.69 Å². The van der Waals surface area contributed by atoms with Crippen LogP contribution >= 0.6 is 11.3 Å². The first-order chi connectivity index (χ1) is 14.9. The first kappa shape index (κ1) is 20.8. The standard InChI is InChI=1S/C24H22N2O4S/c1-14-19-8-7-18(29-3)12-22(19)30-24(28)20(14)9-10-23(27)26-17-6-4-5-16(11-17)21-13-31-15(2)25-21/h4-8,11-13H,9-10H2,1-3H3,(H,26,27). The largest absolute Gasteiger partial charge is 0.497 e. The summed E-state index contributed by atoms with van der Waals surface area (Å²) >= 11 is 1.59. The molecule has 31 heavy (non-hydrogen) atoms. The van der Waals surface area contributed by atoms with Crippen molar-refractivity contribution in [2.24, 2.45) is 0 Å². The molecule has 158 valence electrons. The Labute approximate surface area is 183 Å². The van der Waals surface area contributed by atoms with Gasteiger partial charge in [0.1, 0.15) is 11.3 Å². The van der Waals surface area contributed by atoms with E-state index in [0.29, 0.717) is 29.0 Å². The van der Waals surface area contributed by atoms with Gasteiger partial charge >= 0.3 is 5.63 Å². The molecule has 4 rings (SSSR count). The molecule has 0 aliphatic carbocycles. The lowest BCUT2D eigenvalue weighted by molar-refractivity contribution is -0.116. The van der Waals surface area contributed by atoms with Crippen LogP contribution in [0.15, 0.2) is 57.1 Å². The highest BCUT2D eigenvalue weighted by atomic mass is 32.1. The Hall–Kier alpha value is -3.45. The van der Waals surface area contributed by atoms with Crippen molar-refractivity contribution < 1.29 is 13.9 Å². The van der Waals surface area contributed by atoms with Gasteiger partial charge in [-0.05, 0) is 50.1 Å². The molecule has 0 spiro atoms. The predicted octanol–water partition coefficient (Wildman–Crippen LogP) is 5.11. The number of ether oxygens (including phenoxy) is 1. The van der Waals surface area contributed by atoms with Crippen molar-refractivity contribution in [1.29, 1.82) is 0 Å². The Kier molecular flexibility index (Phi) is 5.86. The number of hydrogen-bond donors (Lipinski definition) is 1. The number of amides is 1. The van der Waals surface area contributed by atoms with Crippen molar-refractivity contribution in [3.8, 4) is 17.0 Å². The Morgan fingerprint density at radius 3 is 2.77 bits per heavy atom. The van der Waals surface area contributed by atoms with Gasteiger partial charge in [-0.3, -0.25) is 4.79 Å². The van der Waals surface area contributed by atoms with Crippen LogP contribution in [0.1, 0.15) is 22.6 Å². The summed E-state index contributed by atoms with van der Waals surface area (Å²) in [5.41, 5.74) is 3.92. The number of rotatable bonds is 6. The number of nitrogens with zero attached hydrogens (tertiary/aromatic N) is 1. The summed E-state index contributed by atoms with van der Waals surface area (Å²) in [4.78, 5) is 29.5. The molecule has 0 aliphatic rings. The highest BCUT2D eigenvalue weighted by Crippen LogP contribution is 2.26. The third kappa shape index (κ3) is 4.51. The topological polar surface area (TPSA) is 81.4 Å². The van der Waals surface area contributed by atoms with Crippen LogP contribution in [-0.2, 0) is 11.2 Å². The summed E-state index contributed by atoms with van der Waals surface area (Å²) in [5, 5.41) is 6.73. The summed E-state index contributed by atoms with van der Waals surface area (Å²) < 4.78 is 10.6. The lowest BCUT2D eigenvalue weighted by atomic mass is 10.0. The number of aryl methyl sites for hydroxylation is 2. The van der Waals surface area contributed by atoms with Crippen molar-refractivity contribution in [1.82, 2.24) is 4.98 Å². The lowest BCUT2D eigenvalue weighted by Crippen LogP contribution is -2.16. The molecule has 2 aromatic carbocycles. The van der Waals surface area contributed by atoms with Gasteiger partial charge in [-0.15, -0.1) is 11.3 Å². The van der Waals surface area contributed by atoms with Gasteiger partial charge < -0.3 is 14.5 Å². The van der Waals surface area contributed by atoms with Gasteiger partial charge in [-0.2, -0.15) is 0 Å². The van der Waals surface area contributed by atoms with E-state index in [1.807, 2.05) is 55.6 Å². The number of hydrogen-bond acceptors (Lipinski definition) is 6. The summed E-state index contributed by atoms with van der Waals surface area (Å²) in [5.74, 6) is 0.456. The zero-order valence-electron chi connectivity index (χ0n) is 17.5. The van der Waals surface area contributed by atoms with E-state index in [-0.39, 0.29) is 12.3 Å². The molecular weight excluding hydrogens is 412 g/mol. The van der Waals surface area contributed by atoms with Crippen molar-refractivity contribution in [2.45, 2.75) is 26.7 Å². The van der Waals surface area contributed by atoms with Crippen LogP contribution in [0.25, 0.3) is 22.2 Å². The molecule has 1 amide bonds. The van der Waals surface area contributed by atoms with Gasteiger partial charge in [0.25, 0.3) is 0 Å². The first-order valence-electron chi connectivity index (χ1n) is 9.87. The van der Waals surface area contributed by atoms with E-state index < -0.39 is 5.63 Å². The van der Waals surface area contributed by atoms with Gasteiger partial charge in [0.05, 0.1) is 17.8 Å². The Balaban J connectivity index is 1.48. The molecule has 0 aliphatic heterocycles. The molecule has 0 saturated heterocycles. The minimum absolute atomic E-state index is 0.166. The number of carbonyl (C=O) groups is 1. The lowest BCUT2D eigenvalue weighted by Gasteiger charge is -2.10. The smallest absolute Gasteiger partial charge is 0.339 e. The number of carbonyl (C=O) groups excluding carboxylic acids is 1. The van der Waals surface area contributed by atoms with Gasteiger partial charge in [-0.1, -0.05) is 12.1 Å². The minimum atomic E-state index is -0.424. The Morgan fingerprint density at radius 2 is 2.03 bits per heavy atom. The quantitative estimate of drug-likeness (QED) is 0.426. The summed E-state index contributed by atoms with van der Waals surface area (Å²) in [7, 11) is 1.56. The molecule has 0 unspecified atom stereocenters. The second-order valence-electron chi connectivity index (χ2n) is 7.24. The highest BCUT2D eigenvalue weighted by Gasteiger charge is 2.14. The second kappa shape index (κ2) is 8.73. The normalized spacial score (nSPS) is 10.9. The van der Waals surface area contributed by atoms with Gasteiger partial charge in [0, 0.05) is 40.1 Å². The van der Waals surface area contributed by atoms with Crippen molar-refractivity contribution in [2.75, 3.05) is 12.4 Å². The number of methoxy groups -OCH3 is 1. The fraction of sp³-hybridized carbons (Fsp3) is 0.208. The fourth-order valence-electron chi connectivity index (χ4n) is 3.50. The molecule has 4 aromatic rings. The molecule has 0 bridgehead atoms. The van der Waals surface area contributed by atoms with Crippen LogP contribution in [0.2, 0.25) is 0 Å². The molecule has 0 radical (unpaired) electrons. The van der Waals surface area contributed by atoms with E-state index in [9.17, 15) is 9.59 Å². The first-order valence-corrected chi connectivity index (χ1v) is 10.8. The van der Waals surface area contributed by atoms with Crippen molar-refractivity contribution in [3.05, 3.63) is 74.4 Å². The maximum Gasteiger partial charge on any atom is 0.339 e. The summed E-state index contributed by atoms with van der Waals surface area (Å²) in [6, 6.07) is 13.0. The van der Waals surface area contributed by atoms with E-state index in [4.69, 9.17) is 9.15 Å². The molecule has 1 N–H and O–H groups in total. The van der Waals surface area contributed by atoms with Crippen molar-refractivity contribution in [3.63, 3.8) is 0 Å². The monoisotopic (exact) mass is 434 g/mol. The van der Waals surface area contributed by atoms with E-state index >= 15 is 0 Å². The zero-order valence-corrected chi connectivity index (χ0v) is 18.3. The fourth-order valence-corrected chi connectivity index (χ4v) is 4.13. The summed E-state index contributed by atoms with van der Waals surface area (Å²) in [6.45, 7) is 3.83. The number of aromatic nitrogens is 1. The average molecular weight is 435 g/mol. The summed E-state index contributed by atoms with van der Waals surface area (Å²) in [6.07, 6.45) is 0.472. The van der Waals surface area contributed by atoms with Crippen LogP contribution in [0.3, 0.4) is 0 Å². The van der Waals surface area contributed by atoms with Crippen LogP contribution in [-0.4, -0.2) is 18.0 Å². The maximum atomic E-state index is 12.5. The number of fused-ring (bicyclic) bond motifs is 1. The van der Waals surface area contributed by atoms with Crippen LogP contribution < -0.4 is 15.7 Å². The minimum Gasteiger partial charge on any atom is -0.497 e. The van der Waals surface area contributed by atoms with E-state index in [1.54, 1.807) is 24.5 Å². The molecule has 0 fully saturated rings.